The number of aryl methyl sites for hydroxylation is 1. The second kappa shape index (κ2) is 3.79. The Kier molecular flexibility index (Phi) is 2.80. The highest BCUT2D eigenvalue weighted by Crippen LogP contribution is 2.40. The molecule has 0 spiro atoms. The van der Waals surface area contributed by atoms with Gasteiger partial charge >= 0.3 is 0 Å². The Morgan fingerprint density at radius 2 is 2.24 bits per heavy atom. The average Bonchev–Trinajstić information content (AvgIpc) is 2.65. The number of sulfonamides is 1. The van der Waals surface area contributed by atoms with Crippen molar-refractivity contribution >= 4 is 10.0 Å². The van der Waals surface area contributed by atoms with E-state index in [2.05, 4.69) is 14.7 Å². The van der Waals surface area contributed by atoms with Crippen LogP contribution in [-0.4, -0.2) is 35.6 Å². The number of hydrogen-bond acceptors (Lipinski definition) is 4. The third-order valence-electron chi connectivity index (χ3n) is 3.48. The summed E-state index contributed by atoms with van der Waals surface area (Å²) in [6.45, 7) is 5.37. The van der Waals surface area contributed by atoms with E-state index < -0.39 is 21.5 Å². The second-order valence-corrected chi connectivity index (χ2v) is 6.76. The maximum absolute atomic E-state index is 12.0. The number of imidazole rings is 1. The molecule has 1 aliphatic carbocycles. The molecule has 0 bridgehead atoms. The van der Waals surface area contributed by atoms with Crippen LogP contribution in [0.25, 0.3) is 0 Å². The van der Waals surface area contributed by atoms with Crippen LogP contribution in [0, 0.1) is 12.3 Å². The molecule has 2 atom stereocenters. The van der Waals surface area contributed by atoms with E-state index in [1.165, 1.54) is 6.20 Å². The molecule has 0 amide bonds. The van der Waals surface area contributed by atoms with Gasteiger partial charge in [0.15, 0.2) is 5.03 Å². The minimum Gasteiger partial charge on any atom is -0.392 e. The Morgan fingerprint density at radius 3 is 2.65 bits per heavy atom. The molecule has 1 fully saturated rings. The van der Waals surface area contributed by atoms with Crippen LogP contribution in [-0.2, 0) is 10.0 Å². The van der Waals surface area contributed by atoms with Gasteiger partial charge in [0, 0.05) is 11.5 Å². The highest BCUT2D eigenvalue weighted by atomic mass is 32.2. The number of aromatic amines is 1. The van der Waals surface area contributed by atoms with Crippen molar-refractivity contribution in [2.24, 2.45) is 5.41 Å². The van der Waals surface area contributed by atoms with Gasteiger partial charge in [-0.15, -0.1) is 0 Å². The molecule has 1 heterocycles. The SMILES string of the molecule is Cc1ncc(S(=O)(=O)NC2CC(O)C2(C)C)[nH]1. The van der Waals surface area contributed by atoms with Crippen molar-refractivity contribution in [2.45, 2.75) is 44.4 Å². The second-order valence-electron chi connectivity index (χ2n) is 5.08. The summed E-state index contributed by atoms with van der Waals surface area (Å²) in [5, 5.41) is 9.62. The molecule has 0 saturated heterocycles. The fourth-order valence-corrected chi connectivity index (χ4v) is 3.26. The lowest BCUT2D eigenvalue weighted by Crippen LogP contribution is -2.61. The molecular formula is C10H17N3O3S. The first-order valence-electron chi connectivity index (χ1n) is 5.45. The van der Waals surface area contributed by atoms with Crippen LogP contribution in [0.4, 0.5) is 0 Å². The molecule has 17 heavy (non-hydrogen) atoms. The molecule has 0 aliphatic heterocycles. The highest BCUT2D eigenvalue weighted by molar-refractivity contribution is 7.89. The van der Waals surface area contributed by atoms with E-state index >= 15 is 0 Å². The van der Waals surface area contributed by atoms with Gasteiger partial charge in [0.25, 0.3) is 10.0 Å². The summed E-state index contributed by atoms with van der Waals surface area (Å²) in [6, 6.07) is -0.244. The van der Waals surface area contributed by atoms with Gasteiger partial charge in [0.2, 0.25) is 0 Å². The van der Waals surface area contributed by atoms with E-state index in [9.17, 15) is 13.5 Å². The number of hydrogen-bond donors (Lipinski definition) is 3. The monoisotopic (exact) mass is 259 g/mol. The van der Waals surface area contributed by atoms with Crippen LogP contribution >= 0.6 is 0 Å². The van der Waals surface area contributed by atoms with Crippen LogP contribution in [0.5, 0.6) is 0 Å². The normalized spacial score (nSPS) is 27.8. The molecule has 6 nitrogen and oxygen atoms in total. The Labute approximate surface area is 101 Å². The van der Waals surface area contributed by atoms with Crippen molar-refractivity contribution in [3.05, 3.63) is 12.0 Å². The molecule has 96 valence electrons. The molecule has 2 rings (SSSR count). The van der Waals surface area contributed by atoms with Crippen LogP contribution in [0.3, 0.4) is 0 Å². The minimum absolute atomic E-state index is 0.0622. The maximum atomic E-state index is 12.0. The zero-order valence-electron chi connectivity index (χ0n) is 10.1. The number of rotatable bonds is 3. The fraction of sp³-hybridized carbons (Fsp3) is 0.700. The third kappa shape index (κ3) is 2.10. The number of nitrogens with zero attached hydrogens (tertiary/aromatic N) is 1. The maximum Gasteiger partial charge on any atom is 0.257 e. The van der Waals surface area contributed by atoms with Crippen molar-refractivity contribution in [3.8, 4) is 0 Å². The van der Waals surface area contributed by atoms with Crippen molar-refractivity contribution in [2.75, 3.05) is 0 Å². The molecular weight excluding hydrogens is 242 g/mol. The molecule has 0 aromatic carbocycles. The van der Waals surface area contributed by atoms with Crippen LogP contribution in [0.2, 0.25) is 0 Å². The molecule has 1 aromatic rings. The van der Waals surface area contributed by atoms with Gasteiger partial charge in [-0.1, -0.05) is 13.8 Å². The fourth-order valence-electron chi connectivity index (χ4n) is 1.89. The lowest BCUT2D eigenvalue weighted by Gasteiger charge is -2.49. The topological polar surface area (TPSA) is 95.1 Å². The first-order valence-corrected chi connectivity index (χ1v) is 6.94. The Balaban J connectivity index is 2.15. The van der Waals surface area contributed by atoms with E-state index in [1.54, 1.807) is 6.92 Å². The van der Waals surface area contributed by atoms with Gasteiger partial charge in [0.05, 0.1) is 12.3 Å². The summed E-state index contributed by atoms with van der Waals surface area (Å²) in [4.78, 5) is 6.55. The number of H-pyrrole nitrogens is 1. The lowest BCUT2D eigenvalue weighted by molar-refractivity contribution is -0.0645. The van der Waals surface area contributed by atoms with E-state index in [-0.39, 0.29) is 11.1 Å². The van der Waals surface area contributed by atoms with E-state index in [0.717, 1.165) is 0 Å². The standard InChI is InChI=1S/C10H17N3O3S/c1-6-11-5-9(12-6)17(15,16)13-7-4-8(14)10(7,2)3/h5,7-8,13-14H,4H2,1-3H3,(H,11,12). The zero-order chi connectivity index (χ0) is 12.8. The van der Waals surface area contributed by atoms with Gasteiger partial charge in [-0.25, -0.2) is 18.1 Å². The molecule has 7 heteroatoms. The summed E-state index contributed by atoms with van der Waals surface area (Å²) in [6.07, 6.45) is 1.28. The van der Waals surface area contributed by atoms with E-state index in [1.807, 2.05) is 13.8 Å². The zero-order valence-corrected chi connectivity index (χ0v) is 10.9. The molecule has 3 N–H and O–H groups in total. The van der Waals surface area contributed by atoms with Crippen molar-refractivity contribution in [1.82, 2.24) is 14.7 Å². The predicted molar refractivity (Wildman–Crippen MR) is 61.8 cm³/mol. The van der Waals surface area contributed by atoms with Gasteiger partial charge in [-0.3, -0.25) is 0 Å². The molecule has 1 aromatic heterocycles. The smallest absolute Gasteiger partial charge is 0.257 e. The average molecular weight is 259 g/mol. The van der Waals surface area contributed by atoms with E-state index in [0.29, 0.717) is 12.2 Å². The van der Waals surface area contributed by atoms with Gasteiger partial charge in [0.1, 0.15) is 5.82 Å². The number of aromatic nitrogens is 2. The molecule has 2 unspecified atom stereocenters. The third-order valence-corrected chi connectivity index (χ3v) is 4.86. The summed E-state index contributed by atoms with van der Waals surface area (Å²) >= 11 is 0. The molecule has 1 saturated carbocycles. The van der Waals surface area contributed by atoms with Gasteiger partial charge in [-0.2, -0.15) is 0 Å². The van der Waals surface area contributed by atoms with Gasteiger partial charge < -0.3 is 10.1 Å². The largest absolute Gasteiger partial charge is 0.392 e. The lowest BCUT2D eigenvalue weighted by atomic mass is 9.65. The quantitative estimate of drug-likeness (QED) is 0.720. The summed E-state index contributed by atoms with van der Waals surface area (Å²) in [5.74, 6) is 0.554. The number of aliphatic hydroxyl groups excluding tert-OH is 1. The van der Waals surface area contributed by atoms with Crippen molar-refractivity contribution in [1.29, 1.82) is 0 Å². The number of aliphatic hydroxyl groups is 1. The van der Waals surface area contributed by atoms with Crippen molar-refractivity contribution < 1.29 is 13.5 Å². The first-order chi connectivity index (χ1) is 7.73. The minimum atomic E-state index is -3.57. The predicted octanol–water partition coefficient (Wildman–Crippen LogP) is 0.156. The Bertz CT molecular complexity index is 521. The van der Waals surface area contributed by atoms with Crippen LogP contribution < -0.4 is 4.72 Å². The van der Waals surface area contributed by atoms with E-state index in [4.69, 9.17) is 0 Å². The summed E-state index contributed by atoms with van der Waals surface area (Å²) in [7, 11) is -3.57. The molecule has 0 radical (unpaired) electrons. The Morgan fingerprint density at radius 1 is 1.59 bits per heavy atom. The summed E-state index contributed by atoms with van der Waals surface area (Å²) < 4.78 is 26.5. The van der Waals surface area contributed by atoms with Gasteiger partial charge in [-0.05, 0) is 13.3 Å². The highest BCUT2D eigenvalue weighted by Gasteiger charge is 2.49. The number of nitrogens with one attached hydrogen (secondary N) is 2. The molecule has 1 aliphatic rings. The van der Waals surface area contributed by atoms with Crippen LogP contribution in [0.1, 0.15) is 26.1 Å². The first kappa shape index (κ1) is 12.5. The van der Waals surface area contributed by atoms with Crippen LogP contribution in [0.15, 0.2) is 11.2 Å². The van der Waals surface area contributed by atoms with Crippen molar-refractivity contribution in [3.63, 3.8) is 0 Å². The Hall–Kier alpha value is -0.920. The summed E-state index contributed by atoms with van der Waals surface area (Å²) in [5.41, 5.74) is -0.428.